The van der Waals surface area contributed by atoms with Gasteiger partial charge >= 0.3 is 12.1 Å². The van der Waals surface area contributed by atoms with Crippen molar-refractivity contribution in [3.05, 3.63) is 0 Å². The van der Waals surface area contributed by atoms with E-state index in [1.54, 1.807) is 13.8 Å². The molecule has 0 spiro atoms. The minimum Gasteiger partial charge on any atom is -0.456 e. The average Bonchev–Trinajstić information content (AvgIpc) is 2.59. The van der Waals surface area contributed by atoms with Crippen LogP contribution < -0.4 is 0 Å². The number of hydrogen-bond acceptors (Lipinski definition) is 2. The van der Waals surface area contributed by atoms with Gasteiger partial charge in [-0.05, 0) is 12.3 Å². The third-order valence-electron chi connectivity index (χ3n) is 3.59. The van der Waals surface area contributed by atoms with Crippen LogP contribution in [0, 0.1) is 16.7 Å². The Bertz CT molecular complexity index is 335. The van der Waals surface area contributed by atoms with E-state index in [9.17, 15) is 22.4 Å². The average molecular weight is 270 g/mol. The largest absolute Gasteiger partial charge is 0.456 e. The molecule has 106 valence electrons. The highest BCUT2D eigenvalue weighted by Gasteiger charge is 2.77. The SMILES string of the molecule is CC(C)CC1(C(=O)OCC(F)(F)F)C(F)C1(C)C. The van der Waals surface area contributed by atoms with E-state index in [4.69, 9.17) is 0 Å². The van der Waals surface area contributed by atoms with Crippen LogP contribution in [0.25, 0.3) is 0 Å². The number of alkyl halides is 4. The molecule has 0 heterocycles. The zero-order valence-corrected chi connectivity index (χ0v) is 10.9. The topological polar surface area (TPSA) is 26.3 Å². The highest BCUT2D eigenvalue weighted by atomic mass is 19.4. The first-order chi connectivity index (χ1) is 7.95. The summed E-state index contributed by atoms with van der Waals surface area (Å²) in [7, 11) is 0. The van der Waals surface area contributed by atoms with Crippen LogP contribution in [0.15, 0.2) is 0 Å². The standard InChI is InChI=1S/C12H18F4O2/c1-7(2)5-11(8(13)10(11,3)4)9(17)18-6-12(14,15)16/h7-8H,5-6H2,1-4H3. The molecule has 1 rings (SSSR count). The number of hydrogen-bond donors (Lipinski definition) is 0. The molecule has 1 aliphatic rings. The molecule has 2 unspecified atom stereocenters. The van der Waals surface area contributed by atoms with Gasteiger partial charge in [-0.1, -0.05) is 27.7 Å². The van der Waals surface area contributed by atoms with Crippen molar-refractivity contribution >= 4 is 5.97 Å². The van der Waals surface area contributed by atoms with Gasteiger partial charge in [0.2, 0.25) is 0 Å². The van der Waals surface area contributed by atoms with E-state index in [2.05, 4.69) is 4.74 Å². The van der Waals surface area contributed by atoms with E-state index in [0.29, 0.717) is 0 Å². The maximum Gasteiger partial charge on any atom is 0.422 e. The first-order valence-electron chi connectivity index (χ1n) is 5.83. The van der Waals surface area contributed by atoms with Gasteiger partial charge in [0.1, 0.15) is 11.6 Å². The Kier molecular flexibility index (Phi) is 3.71. The minimum atomic E-state index is -4.58. The molecule has 1 saturated carbocycles. The van der Waals surface area contributed by atoms with Gasteiger partial charge in [-0.25, -0.2) is 4.39 Å². The second-order valence-corrected chi connectivity index (χ2v) is 5.84. The van der Waals surface area contributed by atoms with Gasteiger partial charge in [-0.15, -0.1) is 0 Å². The molecular formula is C12H18F4O2. The fraction of sp³-hybridized carbons (Fsp3) is 0.917. The third kappa shape index (κ3) is 2.47. The van der Waals surface area contributed by atoms with Crippen molar-refractivity contribution in [3.8, 4) is 0 Å². The van der Waals surface area contributed by atoms with Gasteiger partial charge in [-0.3, -0.25) is 4.79 Å². The zero-order valence-electron chi connectivity index (χ0n) is 10.9. The number of esters is 1. The fourth-order valence-electron chi connectivity index (χ4n) is 2.52. The van der Waals surface area contributed by atoms with E-state index in [1.807, 2.05) is 0 Å². The number of ether oxygens (including phenoxy) is 1. The Morgan fingerprint density at radius 1 is 1.33 bits per heavy atom. The lowest BCUT2D eigenvalue weighted by Gasteiger charge is -2.20. The van der Waals surface area contributed by atoms with Gasteiger partial charge in [0.05, 0.1) is 0 Å². The molecule has 2 nitrogen and oxygen atoms in total. The summed E-state index contributed by atoms with van der Waals surface area (Å²) in [6, 6.07) is 0. The molecule has 0 radical (unpaired) electrons. The van der Waals surface area contributed by atoms with E-state index in [0.717, 1.165) is 0 Å². The van der Waals surface area contributed by atoms with Gasteiger partial charge in [0, 0.05) is 5.41 Å². The van der Waals surface area contributed by atoms with Crippen LogP contribution >= 0.6 is 0 Å². The van der Waals surface area contributed by atoms with Crippen molar-refractivity contribution in [1.29, 1.82) is 0 Å². The van der Waals surface area contributed by atoms with E-state index < -0.39 is 35.8 Å². The number of carbonyl (C=O) groups excluding carboxylic acids is 1. The summed E-state index contributed by atoms with van der Waals surface area (Å²) in [5, 5.41) is 0. The summed E-state index contributed by atoms with van der Waals surface area (Å²) in [4.78, 5) is 11.8. The maximum absolute atomic E-state index is 13.9. The van der Waals surface area contributed by atoms with Gasteiger partial charge in [0.25, 0.3) is 0 Å². The van der Waals surface area contributed by atoms with E-state index >= 15 is 0 Å². The van der Waals surface area contributed by atoms with Crippen LogP contribution in [0.3, 0.4) is 0 Å². The molecule has 2 atom stereocenters. The summed E-state index contributed by atoms with van der Waals surface area (Å²) in [5.74, 6) is -1.07. The summed E-state index contributed by atoms with van der Waals surface area (Å²) in [6.07, 6.45) is -5.84. The lowest BCUT2D eigenvalue weighted by atomic mass is 9.87. The molecule has 0 amide bonds. The summed E-state index contributed by atoms with van der Waals surface area (Å²) >= 11 is 0. The normalized spacial score (nSPS) is 30.4. The van der Waals surface area contributed by atoms with Gasteiger partial charge in [0.15, 0.2) is 6.61 Å². The molecule has 0 bridgehead atoms. The molecule has 0 aromatic carbocycles. The first kappa shape index (κ1) is 15.2. The molecule has 0 saturated heterocycles. The molecule has 0 aromatic heterocycles. The second-order valence-electron chi connectivity index (χ2n) is 5.84. The molecule has 6 heteroatoms. The van der Waals surface area contributed by atoms with Crippen LogP contribution in [-0.2, 0) is 9.53 Å². The quantitative estimate of drug-likeness (QED) is 0.577. The third-order valence-corrected chi connectivity index (χ3v) is 3.59. The van der Waals surface area contributed by atoms with Crippen molar-refractivity contribution in [2.45, 2.75) is 46.5 Å². The molecule has 1 fully saturated rings. The highest BCUT2D eigenvalue weighted by molar-refractivity contribution is 5.83. The molecule has 0 N–H and O–H groups in total. The number of halogens is 4. The maximum atomic E-state index is 13.9. The van der Waals surface area contributed by atoms with Crippen molar-refractivity contribution in [3.63, 3.8) is 0 Å². The Balaban J connectivity index is 2.79. The smallest absolute Gasteiger partial charge is 0.422 e. The summed E-state index contributed by atoms with van der Waals surface area (Å²) < 4.78 is 54.1. The van der Waals surface area contributed by atoms with E-state index in [1.165, 1.54) is 13.8 Å². The van der Waals surface area contributed by atoms with Crippen molar-refractivity contribution in [2.24, 2.45) is 16.7 Å². The Morgan fingerprint density at radius 3 is 2.06 bits per heavy atom. The molecule has 0 aromatic rings. The van der Waals surface area contributed by atoms with Crippen LogP contribution in [0.2, 0.25) is 0 Å². The Morgan fingerprint density at radius 2 is 1.78 bits per heavy atom. The summed E-state index contributed by atoms with van der Waals surface area (Å²) in [6.45, 7) is 5.00. The molecule has 0 aliphatic heterocycles. The van der Waals surface area contributed by atoms with Gasteiger partial charge < -0.3 is 4.74 Å². The highest BCUT2D eigenvalue weighted by Crippen LogP contribution is 2.68. The first-order valence-corrected chi connectivity index (χ1v) is 5.83. The molecule has 1 aliphatic carbocycles. The zero-order chi connectivity index (χ0) is 14.4. The van der Waals surface area contributed by atoms with Crippen molar-refractivity contribution in [1.82, 2.24) is 0 Å². The Labute approximate surface area is 104 Å². The van der Waals surface area contributed by atoms with Gasteiger partial charge in [-0.2, -0.15) is 13.2 Å². The predicted octanol–water partition coefficient (Wildman–Crippen LogP) is 3.50. The van der Waals surface area contributed by atoms with E-state index in [-0.39, 0.29) is 12.3 Å². The van der Waals surface area contributed by atoms with Crippen molar-refractivity contribution < 1.29 is 27.1 Å². The lowest BCUT2D eigenvalue weighted by Crippen LogP contribution is -2.30. The van der Waals surface area contributed by atoms with Crippen LogP contribution in [0.1, 0.15) is 34.1 Å². The van der Waals surface area contributed by atoms with Crippen molar-refractivity contribution in [2.75, 3.05) is 6.61 Å². The number of rotatable bonds is 4. The fourth-order valence-corrected chi connectivity index (χ4v) is 2.52. The van der Waals surface area contributed by atoms with Crippen LogP contribution in [0.5, 0.6) is 0 Å². The minimum absolute atomic E-state index is 0.00321. The Hall–Kier alpha value is -0.810. The second kappa shape index (κ2) is 4.38. The number of carbonyl (C=O) groups is 1. The summed E-state index contributed by atoms with van der Waals surface area (Å²) in [5.41, 5.74) is -2.38. The predicted molar refractivity (Wildman–Crippen MR) is 57.6 cm³/mol. The van der Waals surface area contributed by atoms with Crippen LogP contribution in [0.4, 0.5) is 17.6 Å². The van der Waals surface area contributed by atoms with Crippen LogP contribution in [-0.4, -0.2) is 24.9 Å². The lowest BCUT2D eigenvalue weighted by molar-refractivity contribution is -0.192. The monoisotopic (exact) mass is 270 g/mol. The molecule has 18 heavy (non-hydrogen) atoms. The molecular weight excluding hydrogens is 252 g/mol.